The van der Waals surface area contributed by atoms with Crippen LogP contribution in [0.15, 0.2) is 55.2 Å². The Morgan fingerprint density at radius 2 is 1.82 bits per heavy atom. The number of pyridine rings is 1. The molecule has 1 aliphatic rings. The average Bonchev–Trinajstić information content (AvgIpc) is 3.28. The number of carbonyl (C=O) groups is 1. The minimum atomic E-state index is -0.161. The molecule has 1 saturated carbocycles. The van der Waals surface area contributed by atoms with Gasteiger partial charge in [-0.1, -0.05) is 61.2 Å². The molecule has 28 heavy (non-hydrogen) atoms. The maximum atomic E-state index is 12.8. The molecule has 1 fully saturated rings. The molecule has 6 nitrogen and oxygen atoms in total. The molecule has 2 aromatic heterocycles. The summed E-state index contributed by atoms with van der Waals surface area (Å²) in [5.74, 6) is 0.335. The SMILES string of the molecule is O=C(NCC1(c2ccccc2)CCCCC1)c1cnc(-n2cnnc2)c(Cl)c1. The van der Waals surface area contributed by atoms with E-state index in [4.69, 9.17) is 11.6 Å². The topological polar surface area (TPSA) is 72.7 Å². The molecule has 144 valence electrons. The summed E-state index contributed by atoms with van der Waals surface area (Å²) >= 11 is 6.32. The Bertz CT molecular complexity index is 937. The van der Waals surface area contributed by atoms with Crippen molar-refractivity contribution in [1.29, 1.82) is 0 Å². The van der Waals surface area contributed by atoms with Gasteiger partial charge in [-0.25, -0.2) is 4.98 Å². The average molecular weight is 396 g/mol. The number of amides is 1. The zero-order chi connectivity index (χ0) is 19.4. The smallest absolute Gasteiger partial charge is 0.252 e. The molecule has 1 amide bonds. The Hall–Kier alpha value is -2.73. The lowest BCUT2D eigenvalue weighted by Gasteiger charge is -2.38. The molecule has 1 aromatic carbocycles. The van der Waals surface area contributed by atoms with Crippen molar-refractivity contribution in [3.05, 3.63) is 71.4 Å². The van der Waals surface area contributed by atoms with Crippen LogP contribution in [0.3, 0.4) is 0 Å². The molecule has 2 heterocycles. The summed E-state index contributed by atoms with van der Waals surface area (Å²) in [7, 11) is 0. The highest BCUT2D eigenvalue weighted by Gasteiger charge is 2.34. The minimum Gasteiger partial charge on any atom is -0.351 e. The highest BCUT2D eigenvalue weighted by Crippen LogP contribution is 2.39. The van der Waals surface area contributed by atoms with Gasteiger partial charge >= 0.3 is 0 Å². The van der Waals surface area contributed by atoms with Crippen molar-refractivity contribution in [1.82, 2.24) is 25.1 Å². The lowest BCUT2D eigenvalue weighted by atomic mass is 9.69. The van der Waals surface area contributed by atoms with Crippen LogP contribution in [0.4, 0.5) is 0 Å². The predicted octanol–water partition coefficient (Wildman–Crippen LogP) is 3.95. The van der Waals surface area contributed by atoms with Crippen LogP contribution in [-0.2, 0) is 5.41 Å². The van der Waals surface area contributed by atoms with Crippen molar-refractivity contribution in [2.75, 3.05) is 6.54 Å². The summed E-state index contributed by atoms with van der Waals surface area (Å²) < 4.78 is 1.61. The molecule has 1 N–H and O–H groups in total. The van der Waals surface area contributed by atoms with E-state index in [9.17, 15) is 4.79 Å². The lowest BCUT2D eigenvalue weighted by Crippen LogP contribution is -2.42. The Labute approximate surface area is 169 Å². The van der Waals surface area contributed by atoms with Crippen LogP contribution < -0.4 is 5.32 Å². The Balaban J connectivity index is 1.50. The quantitative estimate of drug-likeness (QED) is 0.710. The molecule has 0 radical (unpaired) electrons. The minimum absolute atomic E-state index is 0.00515. The van der Waals surface area contributed by atoms with Crippen molar-refractivity contribution in [2.45, 2.75) is 37.5 Å². The van der Waals surface area contributed by atoms with E-state index in [0.29, 0.717) is 22.9 Å². The van der Waals surface area contributed by atoms with Crippen molar-refractivity contribution >= 4 is 17.5 Å². The van der Waals surface area contributed by atoms with Gasteiger partial charge in [-0.05, 0) is 24.5 Å². The number of nitrogens with zero attached hydrogens (tertiary/aromatic N) is 4. The highest BCUT2D eigenvalue weighted by atomic mass is 35.5. The first-order valence-corrected chi connectivity index (χ1v) is 9.90. The molecule has 0 bridgehead atoms. The van der Waals surface area contributed by atoms with Crippen LogP contribution >= 0.6 is 11.6 Å². The van der Waals surface area contributed by atoms with E-state index >= 15 is 0 Å². The number of hydrogen-bond acceptors (Lipinski definition) is 4. The monoisotopic (exact) mass is 395 g/mol. The van der Waals surface area contributed by atoms with E-state index in [1.54, 1.807) is 10.6 Å². The Morgan fingerprint density at radius 1 is 1.11 bits per heavy atom. The van der Waals surface area contributed by atoms with Gasteiger partial charge in [0, 0.05) is 18.2 Å². The maximum absolute atomic E-state index is 12.8. The number of rotatable bonds is 5. The largest absolute Gasteiger partial charge is 0.351 e. The molecule has 0 spiro atoms. The summed E-state index contributed by atoms with van der Waals surface area (Å²) in [6.45, 7) is 0.612. The maximum Gasteiger partial charge on any atom is 0.252 e. The summed E-state index contributed by atoms with van der Waals surface area (Å²) in [6, 6.07) is 12.1. The van der Waals surface area contributed by atoms with Gasteiger partial charge in [0.05, 0.1) is 10.6 Å². The fourth-order valence-corrected chi connectivity index (χ4v) is 4.26. The fraction of sp³-hybridized carbons (Fsp3) is 0.333. The molecule has 0 atom stereocenters. The van der Waals surface area contributed by atoms with Gasteiger partial charge in [-0.3, -0.25) is 9.36 Å². The third-order valence-corrected chi connectivity index (χ3v) is 5.81. The highest BCUT2D eigenvalue weighted by molar-refractivity contribution is 6.32. The van der Waals surface area contributed by atoms with Crippen LogP contribution in [-0.4, -0.2) is 32.2 Å². The third-order valence-electron chi connectivity index (χ3n) is 5.53. The number of benzene rings is 1. The number of aromatic nitrogens is 4. The van der Waals surface area contributed by atoms with Crippen LogP contribution in [0.25, 0.3) is 5.82 Å². The normalized spacial score (nSPS) is 15.9. The fourth-order valence-electron chi connectivity index (χ4n) is 3.99. The van der Waals surface area contributed by atoms with Gasteiger partial charge in [0.25, 0.3) is 5.91 Å². The van der Waals surface area contributed by atoms with Gasteiger partial charge in [0.2, 0.25) is 0 Å². The van der Waals surface area contributed by atoms with E-state index in [1.807, 2.05) is 6.07 Å². The molecular weight excluding hydrogens is 374 g/mol. The van der Waals surface area contributed by atoms with E-state index < -0.39 is 0 Å². The van der Waals surface area contributed by atoms with Crippen LogP contribution in [0.5, 0.6) is 0 Å². The number of carbonyl (C=O) groups excluding carboxylic acids is 1. The Kier molecular flexibility index (Phi) is 5.39. The third kappa shape index (κ3) is 3.78. The first kappa shape index (κ1) is 18.6. The van der Waals surface area contributed by atoms with Crippen LogP contribution in [0, 0.1) is 0 Å². The summed E-state index contributed by atoms with van der Waals surface area (Å²) in [5, 5.41) is 11.0. The van der Waals surface area contributed by atoms with E-state index in [-0.39, 0.29) is 11.3 Å². The van der Waals surface area contributed by atoms with E-state index in [0.717, 1.165) is 12.8 Å². The molecular formula is C21H22ClN5O. The molecule has 0 unspecified atom stereocenters. The molecule has 0 saturated heterocycles. The van der Waals surface area contributed by atoms with Gasteiger partial charge < -0.3 is 5.32 Å². The summed E-state index contributed by atoms with van der Waals surface area (Å²) in [4.78, 5) is 17.1. The second-order valence-corrected chi connectivity index (χ2v) is 7.70. The molecule has 7 heteroatoms. The molecule has 4 rings (SSSR count). The van der Waals surface area contributed by atoms with Crippen molar-refractivity contribution in [3.8, 4) is 5.82 Å². The van der Waals surface area contributed by atoms with Crippen molar-refractivity contribution < 1.29 is 4.79 Å². The number of hydrogen-bond donors (Lipinski definition) is 1. The second kappa shape index (κ2) is 8.10. The van der Waals surface area contributed by atoms with Gasteiger partial charge in [-0.2, -0.15) is 0 Å². The molecule has 3 aromatic rings. The first-order valence-electron chi connectivity index (χ1n) is 9.52. The van der Waals surface area contributed by atoms with Crippen LogP contribution in [0.1, 0.15) is 48.0 Å². The predicted molar refractivity (Wildman–Crippen MR) is 108 cm³/mol. The zero-order valence-electron chi connectivity index (χ0n) is 15.5. The zero-order valence-corrected chi connectivity index (χ0v) is 16.3. The number of halogens is 1. The standard InChI is InChI=1S/C21H22ClN5O/c22-18-11-16(12-23-19(18)27-14-25-26-15-27)20(28)24-13-21(9-5-2-6-10-21)17-7-3-1-4-8-17/h1,3-4,7-8,11-12,14-15H,2,5-6,9-10,13H2,(H,24,28). The second-order valence-electron chi connectivity index (χ2n) is 7.29. The number of nitrogens with one attached hydrogen (secondary N) is 1. The van der Waals surface area contributed by atoms with Gasteiger partial charge in [-0.15, -0.1) is 10.2 Å². The van der Waals surface area contributed by atoms with Crippen molar-refractivity contribution in [2.24, 2.45) is 0 Å². The van der Waals surface area contributed by atoms with Gasteiger partial charge in [0.1, 0.15) is 12.7 Å². The lowest BCUT2D eigenvalue weighted by molar-refractivity contribution is 0.0936. The van der Waals surface area contributed by atoms with Gasteiger partial charge in [0.15, 0.2) is 5.82 Å². The van der Waals surface area contributed by atoms with E-state index in [2.05, 4.69) is 44.8 Å². The summed E-state index contributed by atoms with van der Waals surface area (Å²) in [6.07, 6.45) is 10.4. The molecule has 1 aliphatic carbocycles. The molecule has 0 aliphatic heterocycles. The summed E-state index contributed by atoms with van der Waals surface area (Å²) in [5.41, 5.74) is 1.74. The van der Waals surface area contributed by atoms with Crippen LogP contribution in [0.2, 0.25) is 5.02 Å². The first-order chi connectivity index (χ1) is 13.7. The van der Waals surface area contributed by atoms with E-state index in [1.165, 1.54) is 43.7 Å². The van der Waals surface area contributed by atoms with Crippen molar-refractivity contribution in [3.63, 3.8) is 0 Å². The Morgan fingerprint density at radius 3 is 2.50 bits per heavy atom.